The average Bonchev–Trinajstić information content (AvgIpc) is 2.56. The van der Waals surface area contributed by atoms with Crippen LogP contribution in [0, 0.1) is 37.5 Å². The number of carbonyl (C=O) groups excluding carboxylic acids is 1. The van der Waals surface area contributed by atoms with Crippen molar-refractivity contribution in [2.45, 2.75) is 77.2 Å². The van der Waals surface area contributed by atoms with Crippen molar-refractivity contribution in [3.05, 3.63) is 34.4 Å². The lowest BCUT2D eigenvalue weighted by Crippen LogP contribution is -2.56. The highest BCUT2D eigenvalue weighted by Crippen LogP contribution is 2.53. The zero-order chi connectivity index (χ0) is 17.1. The van der Waals surface area contributed by atoms with Crippen molar-refractivity contribution in [1.82, 2.24) is 5.32 Å². The van der Waals surface area contributed by atoms with Crippen molar-refractivity contribution in [3.8, 4) is 0 Å². The number of aryl methyl sites for hydroxylation is 2. The Bertz CT molecular complexity index is 678. The molecule has 4 bridgehead atoms. The van der Waals surface area contributed by atoms with E-state index >= 15 is 0 Å². The summed E-state index contributed by atoms with van der Waals surface area (Å²) in [6.07, 6.45) is 10.3. The quantitative estimate of drug-likeness (QED) is 0.835. The van der Waals surface area contributed by atoms with Crippen LogP contribution in [0.15, 0.2) is 12.1 Å². The second kappa shape index (κ2) is 5.86. The van der Waals surface area contributed by atoms with Gasteiger partial charge in [0.1, 0.15) is 0 Å². The van der Waals surface area contributed by atoms with Gasteiger partial charge in [-0.2, -0.15) is 0 Å². The Morgan fingerprint density at radius 2 is 1.68 bits per heavy atom. The summed E-state index contributed by atoms with van der Waals surface area (Å²) in [5.41, 5.74) is 5.44. The monoisotopic (exact) mass is 337 g/mol. The Hall–Kier alpha value is -1.31. The Morgan fingerprint density at radius 3 is 2.36 bits per heavy atom. The fourth-order valence-corrected chi connectivity index (χ4v) is 7.02. The second-order valence-electron chi connectivity index (χ2n) is 9.56. The highest BCUT2D eigenvalue weighted by Gasteiger charge is 2.49. The van der Waals surface area contributed by atoms with Gasteiger partial charge in [-0.05, 0) is 106 Å². The molecule has 4 fully saturated rings. The maximum atomic E-state index is 13.3. The largest absolute Gasteiger partial charge is 0.352 e. The fourth-order valence-electron chi connectivity index (χ4n) is 7.02. The van der Waals surface area contributed by atoms with Crippen LogP contribution in [0.1, 0.15) is 73.1 Å². The molecule has 134 valence electrons. The lowest BCUT2D eigenvalue weighted by molar-refractivity contribution is -0.126. The normalized spacial score (nSPS) is 38.5. The van der Waals surface area contributed by atoms with E-state index in [4.69, 9.17) is 0 Å². The summed E-state index contributed by atoms with van der Waals surface area (Å²) < 4.78 is 0. The summed E-state index contributed by atoms with van der Waals surface area (Å²) in [4.78, 5) is 13.3. The molecule has 0 aromatic heterocycles. The number of benzene rings is 1. The molecule has 5 aliphatic rings. The molecule has 6 rings (SSSR count). The van der Waals surface area contributed by atoms with Crippen molar-refractivity contribution in [2.75, 3.05) is 0 Å². The molecule has 1 amide bonds. The van der Waals surface area contributed by atoms with Crippen molar-refractivity contribution in [3.63, 3.8) is 0 Å². The lowest BCUT2D eigenvalue weighted by atomic mass is 9.54. The first-order valence-corrected chi connectivity index (χ1v) is 10.5. The minimum absolute atomic E-state index is 0.0829. The molecular formula is C23H31NO. The van der Waals surface area contributed by atoms with E-state index in [0.29, 0.717) is 11.9 Å². The van der Waals surface area contributed by atoms with Crippen molar-refractivity contribution in [1.29, 1.82) is 0 Å². The molecule has 2 heteroatoms. The molecule has 25 heavy (non-hydrogen) atoms. The highest BCUT2D eigenvalue weighted by atomic mass is 16.2. The lowest BCUT2D eigenvalue weighted by Gasteiger charge is -2.54. The van der Waals surface area contributed by atoms with Crippen molar-refractivity contribution >= 4 is 5.91 Å². The number of fused-ring (bicyclic) bond motifs is 1. The topological polar surface area (TPSA) is 29.1 Å². The summed E-state index contributed by atoms with van der Waals surface area (Å²) in [6, 6.07) is 5.02. The summed E-state index contributed by atoms with van der Waals surface area (Å²) in [5.74, 6) is 3.88. The molecule has 1 N–H and O–H groups in total. The molecule has 0 radical (unpaired) electrons. The van der Waals surface area contributed by atoms with E-state index < -0.39 is 0 Å². The molecule has 2 nitrogen and oxygen atoms in total. The van der Waals surface area contributed by atoms with Crippen molar-refractivity contribution in [2.24, 2.45) is 23.7 Å². The van der Waals surface area contributed by atoms with Crippen molar-refractivity contribution < 1.29 is 4.79 Å². The Labute approximate surface area is 151 Å². The first-order chi connectivity index (χ1) is 12.1. The van der Waals surface area contributed by atoms with E-state index in [1.54, 1.807) is 0 Å². The number of nitrogens with one attached hydrogen (secondary N) is 1. The van der Waals surface area contributed by atoms with Gasteiger partial charge >= 0.3 is 0 Å². The molecule has 1 unspecified atom stereocenters. The van der Waals surface area contributed by atoms with Crippen LogP contribution in [0.4, 0.5) is 0 Å². The standard InChI is InChI=1S/C23H31NO/c1-13-6-14(2)19-4-3-5-20(21(19)7-13)23(25)24-22-17-9-15-8-16(11-17)12-18(22)10-15/h6-7,15-18,20,22H,3-5,8-12H2,1-2H3,(H,24,25). The van der Waals surface area contributed by atoms with Gasteiger partial charge in [-0.3, -0.25) is 4.79 Å². The minimum Gasteiger partial charge on any atom is -0.352 e. The molecule has 1 atom stereocenters. The van der Waals surface area contributed by atoms with Crippen LogP contribution in [0.25, 0.3) is 0 Å². The van der Waals surface area contributed by atoms with Crippen LogP contribution in [-0.4, -0.2) is 11.9 Å². The summed E-state index contributed by atoms with van der Waals surface area (Å²) in [7, 11) is 0. The molecule has 1 aromatic carbocycles. The third-order valence-corrected chi connectivity index (χ3v) is 7.80. The average molecular weight is 338 g/mol. The Morgan fingerprint density at radius 1 is 1.00 bits per heavy atom. The second-order valence-corrected chi connectivity index (χ2v) is 9.56. The van der Waals surface area contributed by atoms with Gasteiger partial charge in [0.05, 0.1) is 5.92 Å². The Balaban J connectivity index is 1.38. The fraction of sp³-hybridized carbons (Fsp3) is 0.696. The first-order valence-electron chi connectivity index (χ1n) is 10.5. The predicted molar refractivity (Wildman–Crippen MR) is 101 cm³/mol. The molecule has 5 aliphatic carbocycles. The highest BCUT2D eigenvalue weighted by molar-refractivity contribution is 5.85. The van der Waals surface area contributed by atoms with Crippen LogP contribution in [-0.2, 0) is 11.2 Å². The van der Waals surface area contributed by atoms with Crippen LogP contribution in [0.3, 0.4) is 0 Å². The van der Waals surface area contributed by atoms with E-state index in [1.165, 1.54) is 54.4 Å². The van der Waals surface area contributed by atoms with E-state index in [2.05, 4.69) is 31.3 Å². The van der Waals surface area contributed by atoms with E-state index in [9.17, 15) is 4.79 Å². The van der Waals surface area contributed by atoms with Gasteiger partial charge in [-0.1, -0.05) is 17.7 Å². The van der Waals surface area contributed by atoms with Crippen LogP contribution < -0.4 is 5.32 Å². The van der Waals surface area contributed by atoms with Gasteiger partial charge in [0, 0.05) is 6.04 Å². The minimum atomic E-state index is 0.0829. The molecule has 0 spiro atoms. The molecule has 1 aromatic rings. The van der Waals surface area contributed by atoms with Gasteiger partial charge < -0.3 is 5.32 Å². The number of rotatable bonds is 2. The molecule has 0 saturated heterocycles. The molecule has 0 aliphatic heterocycles. The van der Waals surface area contributed by atoms with Gasteiger partial charge in [-0.25, -0.2) is 0 Å². The number of hydrogen-bond acceptors (Lipinski definition) is 1. The van der Waals surface area contributed by atoms with E-state index in [1.807, 2.05) is 0 Å². The summed E-state index contributed by atoms with van der Waals surface area (Å²) >= 11 is 0. The van der Waals surface area contributed by atoms with Crippen LogP contribution >= 0.6 is 0 Å². The molecule has 4 saturated carbocycles. The van der Waals surface area contributed by atoms with Gasteiger partial charge in [0.25, 0.3) is 0 Å². The van der Waals surface area contributed by atoms with Gasteiger partial charge in [0.15, 0.2) is 0 Å². The van der Waals surface area contributed by atoms with E-state index in [-0.39, 0.29) is 5.92 Å². The van der Waals surface area contributed by atoms with Gasteiger partial charge in [0.2, 0.25) is 5.91 Å². The number of amides is 1. The predicted octanol–water partition coefficient (Wildman–Crippen LogP) is 4.66. The third-order valence-electron chi connectivity index (χ3n) is 7.80. The zero-order valence-corrected chi connectivity index (χ0v) is 15.7. The maximum absolute atomic E-state index is 13.3. The van der Waals surface area contributed by atoms with Gasteiger partial charge in [-0.15, -0.1) is 0 Å². The third kappa shape index (κ3) is 2.64. The maximum Gasteiger partial charge on any atom is 0.227 e. The number of carbonyl (C=O) groups is 1. The SMILES string of the molecule is Cc1cc(C)c2c(c1)C(C(=O)NC1C3CC4CC(C3)CC1C4)CCC2. The molecular weight excluding hydrogens is 306 g/mol. The Kier molecular flexibility index (Phi) is 3.73. The zero-order valence-electron chi connectivity index (χ0n) is 15.7. The van der Waals surface area contributed by atoms with E-state index in [0.717, 1.165) is 42.9 Å². The first kappa shape index (κ1) is 15.9. The number of hydrogen-bond donors (Lipinski definition) is 1. The molecule has 0 heterocycles. The summed E-state index contributed by atoms with van der Waals surface area (Å²) in [5, 5.41) is 3.57. The van der Waals surface area contributed by atoms with Crippen LogP contribution in [0.5, 0.6) is 0 Å². The summed E-state index contributed by atoms with van der Waals surface area (Å²) in [6.45, 7) is 4.37. The van der Waals surface area contributed by atoms with Crippen LogP contribution in [0.2, 0.25) is 0 Å². The smallest absolute Gasteiger partial charge is 0.227 e.